The molecular formula is C28H35N3O4. The third kappa shape index (κ3) is 2.50. The van der Waals surface area contributed by atoms with Crippen LogP contribution in [-0.2, 0) is 9.53 Å². The monoisotopic (exact) mass is 477 g/mol. The lowest BCUT2D eigenvalue weighted by Gasteiger charge is -2.59. The van der Waals surface area contributed by atoms with Crippen LogP contribution < -0.4 is 5.32 Å². The molecule has 7 nitrogen and oxygen atoms in total. The Labute approximate surface area is 206 Å². The summed E-state index contributed by atoms with van der Waals surface area (Å²) in [5.74, 6) is 0.415. The van der Waals surface area contributed by atoms with Crippen LogP contribution in [0.3, 0.4) is 0 Å². The number of rotatable bonds is 3. The van der Waals surface area contributed by atoms with Crippen LogP contribution in [0.5, 0.6) is 0 Å². The zero-order valence-corrected chi connectivity index (χ0v) is 20.7. The van der Waals surface area contributed by atoms with E-state index < -0.39 is 17.8 Å². The molecule has 3 heterocycles. The molecule has 3 spiro atoms. The van der Waals surface area contributed by atoms with Crippen molar-refractivity contribution in [1.29, 1.82) is 0 Å². The molecule has 186 valence electrons. The van der Waals surface area contributed by atoms with Crippen molar-refractivity contribution in [2.24, 2.45) is 22.7 Å². The molecular weight excluding hydrogens is 442 g/mol. The average Bonchev–Trinajstić information content (AvgIpc) is 3.36. The number of nitrogens with one attached hydrogen (secondary N) is 1. The number of carbonyl (C=O) groups is 1. The Balaban J connectivity index is 1.24. The van der Waals surface area contributed by atoms with Gasteiger partial charge in [-0.3, -0.25) is 9.78 Å². The van der Waals surface area contributed by atoms with Crippen LogP contribution in [0.15, 0.2) is 47.8 Å². The molecule has 1 aromatic heterocycles. The van der Waals surface area contributed by atoms with Gasteiger partial charge in [-0.2, -0.15) is 0 Å². The van der Waals surface area contributed by atoms with E-state index >= 15 is 0 Å². The highest BCUT2D eigenvalue weighted by atomic mass is 16.5. The van der Waals surface area contributed by atoms with Gasteiger partial charge in [0.25, 0.3) is 5.91 Å². The van der Waals surface area contributed by atoms with Crippen LogP contribution in [-0.4, -0.2) is 69.6 Å². The summed E-state index contributed by atoms with van der Waals surface area (Å²) in [6.07, 6.45) is 11.4. The second-order valence-electron chi connectivity index (χ2n) is 12.3. The Hall–Kier alpha value is -2.06. The van der Waals surface area contributed by atoms with Gasteiger partial charge in [0, 0.05) is 34.6 Å². The Morgan fingerprint density at radius 1 is 1.23 bits per heavy atom. The molecule has 0 radical (unpaired) electrons. The fourth-order valence-corrected chi connectivity index (χ4v) is 9.17. The fourth-order valence-electron chi connectivity index (χ4n) is 9.17. The standard InChI is InChI=1S/C28H35N3O4/c1-25-9-8-17-19-13-27(19)23(33)22(32)20(31(2)3)14-26(27)10-11-28(17,35-26)21(25)7-6-18(25)24(34)30-16-5-4-12-29-15-16/h4-6,8,12,15,19-23,32-33H,7,9-11,13-14H2,1-3H3,(H,30,34)/t19?,20-,21?,22+,23-,25+,26+,27?,28+/m0/s1. The number of fused-ring (bicyclic) bond motifs is 2. The number of aliphatic hydroxyl groups excluding tert-OH is 2. The molecule has 1 aromatic rings. The first-order chi connectivity index (χ1) is 16.7. The molecule has 7 heteroatoms. The van der Waals surface area contributed by atoms with Crippen molar-refractivity contribution in [2.45, 2.75) is 74.9 Å². The number of anilines is 1. The van der Waals surface area contributed by atoms with Crippen molar-refractivity contribution >= 4 is 11.6 Å². The molecule has 7 rings (SSSR count). The Morgan fingerprint density at radius 3 is 2.80 bits per heavy atom. The summed E-state index contributed by atoms with van der Waals surface area (Å²) in [7, 11) is 3.95. The highest BCUT2D eigenvalue weighted by Gasteiger charge is 2.84. The van der Waals surface area contributed by atoms with Crippen molar-refractivity contribution in [3.63, 3.8) is 0 Å². The van der Waals surface area contributed by atoms with Gasteiger partial charge in [-0.15, -0.1) is 0 Å². The average molecular weight is 478 g/mol. The van der Waals surface area contributed by atoms with E-state index in [0.717, 1.165) is 44.1 Å². The molecule has 35 heavy (non-hydrogen) atoms. The number of allylic oxidation sites excluding steroid dienone is 2. The Morgan fingerprint density at radius 2 is 2.06 bits per heavy atom. The van der Waals surface area contributed by atoms with Crippen molar-refractivity contribution in [3.8, 4) is 0 Å². The number of ether oxygens (including phenoxy) is 1. The first-order valence-electron chi connectivity index (χ1n) is 13.0. The van der Waals surface area contributed by atoms with Crippen LogP contribution in [0.4, 0.5) is 5.69 Å². The second-order valence-corrected chi connectivity index (χ2v) is 12.3. The minimum Gasteiger partial charge on any atom is -0.390 e. The van der Waals surface area contributed by atoms with Crippen LogP contribution in [0.25, 0.3) is 0 Å². The van der Waals surface area contributed by atoms with Gasteiger partial charge < -0.3 is 25.2 Å². The molecule has 1 amide bonds. The smallest absolute Gasteiger partial charge is 0.251 e. The van der Waals surface area contributed by atoms with Gasteiger partial charge in [0.15, 0.2) is 0 Å². The maximum Gasteiger partial charge on any atom is 0.251 e. The predicted molar refractivity (Wildman–Crippen MR) is 130 cm³/mol. The summed E-state index contributed by atoms with van der Waals surface area (Å²) >= 11 is 0. The Bertz CT molecular complexity index is 1170. The first-order valence-corrected chi connectivity index (χ1v) is 13.0. The van der Waals surface area contributed by atoms with Gasteiger partial charge in [0.2, 0.25) is 0 Å². The number of pyridine rings is 1. The first kappa shape index (κ1) is 22.2. The van der Waals surface area contributed by atoms with Gasteiger partial charge in [0.05, 0.1) is 35.3 Å². The molecule has 3 unspecified atom stereocenters. The summed E-state index contributed by atoms with van der Waals surface area (Å²) < 4.78 is 7.31. The second kappa shape index (κ2) is 6.82. The fraction of sp³-hybridized carbons (Fsp3) is 0.643. The summed E-state index contributed by atoms with van der Waals surface area (Å²) in [4.78, 5) is 19.6. The van der Waals surface area contributed by atoms with E-state index in [1.54, 1.807) is 12.4 Å². The van der Waals surface area contributed by atoms with E-state index in [2.05, 4.69) is 29.4 Å². The van der Waals surface area contributed by atoms with E-state index in [1.807, 2.05) is 31.1 Å². The lowest BCUT2D eigenvalue weighted by molar-refractivity contribution is -0.248. The van der Waals surface area contributed by atoms with Gasteiger partial charge in [-0.1, -0.05) is 19.1 Å². The number of likely N-dealkylation sites (N-methyl/N-ethyl adjacent to an activating group) is 1. The molecule has 6 aliphatic rings. The summed E-state index contributed by atoms with van der Waals surface area (Å²) in [6.45, 7) is 2.23. The molecule has 2 bridgehead atoms. The predicted octanol–water partition coefficient (Wildman–Crippen LogP) is 2.67. The van der Waals surface area contributed by atoms with E-state index in [4.69, 9.17) is 4.74 Å². The van der Waals surface area contributed by atoms with Crippen LogP contribution in [0.1, 0.15) is 45.4 Å². The molecule has 0 aromatic carbocycles. The number of carbonyl (C=O) groups excluding carboxylic acids is 1. The molecule has 3 N–H and O–H groups in total. The van der Waals surface area contributed by atoms with E-state index in [1.165, 1.54) is 5.57 Å². The van der Waals surface area contributed by atoms with Crippen molar-refractivity contribution in [3.05, 3.63) is 47.8 Å². The highest BCUT2D eigenvalue weighted by molar-refractivity contribution is 6.05. The quantitative estimate of drug-likeness (QED) is 0.580. The maximum atomic E-state index is 13.4. The van der Waals surface area contributed by atoms with Gasteiger partial charge >= 0.3 is 0 Å². The number of aliphatic hydroxyl groups is 2. The molecule has 4 aliphatic carbocycles. The third-order valence-electron chi connectivity index (χ3n) is 10.9. The third-order valence-corrected chi connectivity index (χ3v) is 10.9. The summed E-state index contributed by atoms with van der Waals surface area (Å²) in [5, 5.41) is 25.5. The lowest BCUT2D eigenvalue weighted by Crippen LogP contribution is -2.67. The molecule has 2 aliphatic heterocycles. The number of amides is 1. The van der Waals surface area contributed by atoms with Crippen LogP contribution in [0.2, 0.25) is 0 Å². The van der Waals surface area contributed by atoms with Gasteiger partial charge in [-0.25, -0.2) is 0 Å². The Kier molecular flexibility index (Phi) is 4.32. The minimum atomic E-state index is -0.776. The number of aromatic nitrogens is 1. The zero-order valence-electron chi connectivity index (χ0n) is 20.7. The van der Waals surface area contributed by atoms with Crippen LogP contribution in [0, 0.1) is 22.7 Å². The summed E-state index contributed by atoms with van der Waals surface area (Å²) in [6, 6.07) is 3.55. The largest absolute Gasteiger partial charge is 0.390 e. The van der Waals surface area contributed by atoms with E-state index in [0.29, 0.717) is 5.69 Å². The van der Waals surface area contributed by atoms with Crippen molar-refractivity contribution in [2.75, 3.05) is 19.4 Å². The number of hydrogen-bond donors (Lipinski definition) is 3. The summed E-state index contributed by atoms with van der Waals surface area (Å²) in [5.41, 5.74) is 1.42. The minimum absolute atomic E-state index is 0.0515. The molecule has 4 fully saturated rings. The number of hydrogen-bond acceptors (Lipinski definition) is 6. The van der Waals surface area contributed by atoms with E-state index in [9.17, 15) is 15.0 Å². The van der Waals surface area contributed by atoms with Crippen molar-refractivity contribution < 1.29 is 19.7 Å². The highest BCUT2D eigenvalue weighted by Crippen LogP contribution is 2.81. The van der Waals surface area contributed by atoms with Gasteiger partial charge in [-0.05, 0) is 76.2 Å². The van der Waals surface area contributed by atoms with Crippen LogP contribution >= 0.6 is 0 Å². The number of nitrogens with zero attached hydrogens (tertiary/aromatic N) is 2. The topological polar surface area (TPSA) is 94.9 Å². The molecule has 9 atom stereocenters. The SMILES string of the molecule is CN(C)[C@H]1C[C@@]23CC[C@@]4(O2)C(=CC[C@]2(C)C(C(=O)Nc5cccnc5)=CCC24)C2CC23[C@@H](O)[C@@H]1O. The lowest BCUT2D eigenvalue weighted by atomic mass is 9.57. The van der Waals surface area contributed by atoms with Gasteiger partial charge in [0.1, 0.15) is 0 Å². The van der Waals surface area contributed by atoms with E-state index in [-0.39, 0.29) is 40.2 Å². The maximum absolute atomic E-state index is 13.4. The normalized spacial score (nSPS) is 48.8. The molecule has 2 saturated heterocycles. The molecule has 2 saturated carbocycles. The van der Waals surface area contributed by atoms with Crippen molar-refractivity contribution in [1.82, 2.24) is 9.88 Å². The zero-order chi connectivity index (χ0) is 24.4.